The number of nitro groups is 2. The van der Waals surface area contributed by atoms with Gasteiger partial charge in [-0.3, -0.25) is 20.2 Å². The van der Waals surface area contributed by atoms with Gasteiger partial charge in [-0.25, -0.2) is 0 Å². The Balaban J connectivity index is 2.77. The monoisotopic (exact) mass is 269 g/mol. The van der Waals surface area contributed by atoms with E-state index in [4.69, 9.17) is 4.84 Å². The summed E-state index contributed by atoms with van der Waals surface area (Å²) in [5, 5.41) is 21.4. The maximum Gasteiger partial charge on any atom is 0.280 e. The molecule has 0 bridgehead atoms. The molecule has 0 amide bonds. The zero-order valence-corrected chi connectivity index (χ0v) is 10.7. The van der Waals surface area contributed by atoms with Crippen LogP contribution >= 0.6 is 0 Å². The van der Waals surface area contributed by atoms with E-state index in [2.05, 4.69) is 5.48 Å². The van der Waals surface area contributed by atoms with Crippen LogP contribution in [0.25, 0.3) is 0 Å². The Morgan fingerprint density at radius 2 is 1.95 bits per heavy atom. The molecule has 1 N–H and O–H groups in total. The molecule has 0 spiro atoms. The second-order valence-corrected chi connectivity index (χ2v) is 4.35. The van der Waals surface area contributed by atoms with Crippen molar-refractivity contribution in [1.29, 1.82) is 0 Å². The number of nitrogens with one attached hydrogen (secondary N) is 1. The highest BCUT2D eigenvalue weighted by atomic mass is 16.6. The Morgan fingerprint density at radius 1 is 1.26 bits per heavy atom. The molecule has 0 saturated carbocycles. The minimum absolute atomic E-state index is 0.112. The number of hydrogen-bond acceptors (Lipinski definition) is 6. The first-order chi connectivity index (χ1) is 8.91. The first kappa shape index (κ1) is 15.0. The normalized spacial score (nSPS) is 10.7. The summed E-state index contributed by atoms with van der Waals surface area (Å²) in [5.74, 6) is 0.333. The number of benzene rings is 1. The molecule has 0 unspecified atom stereocenters. The second kappa shape index (κ2) is 6.76. The van der Waals surface area contributed by atoms with E-state index in [0.29, 0.717) is 18.1 Å². The highest BCUT2D eigenvalue weighted by Gasteiger charge is 2.18. The summed E-state index contributed by atoms with van der Waals surface area (Å²) in [6.07, 6.45) is 0. The van der Waals surface area contributed by atoms with Crippen molar-refractivity contribution >= 4 is 11.4 Å². The fraction of sp³-hybridized carbons (Fsp3) is 0.455. The van der Waals surface area contributed by atoms with Gasteiger partial charge in [0, 0.05) is 11.6 Å². The zero-order valence-electron chi connectivity index (χ0n) is 10.7. The number of hydrogen-bond donors (Lipinski definition) is 1. The lowest BCUT2D eigenvalue weighted by atomic mass is 10.1. The van der Waals surface area contributed by atoms with Gasteiger partial charge in [-0.05, 0) is 12.0 Å². The lowest BCUT2D eigenvalue weighted by Crippen LogP contribution is -2.18. The molecule has 0 radical (unpaired) electrons. The van der Waals surface area contributed by atoms with Gasteiger partial charge in [-0.1, -0.05) is 13.8 Å². The Morgan fingerprint density at radius 3 is 2.47 bits per heavy atom. The Labute approximate surface area is 109 Å². The fourth-order valence-electron chi connectivity index (χ4n) is 1.34. The molecular weight excluding hydrogens is 254 g/mol. The lowest BCUT2D eigenvalue weighted by Gasteiger charge is -2.08. The second-order valence-electron chi connectivity index (χ2n) is 4.35. The third-order valence-electron chi connectivity index (χ3n) is 2.26. The van der Waals surface area contributed by atoms with Gasteiger partial charge in [0.2, 0.25) is 0 Å². The summed E-state index contributed by atoms with van der Waals surface area (Å²) >= 11 is 0. The molecule has 8 heteroatoms. The van der Waals surface area contributed by atoms with Gasteiger partial charge in [-0.15, -0.1) is 0 Å². The Bertz CT molecular complexity index is 475. The van der Waals surface area contributed by atoms with Crippen LogP contribution in [-0.2, 0) is 11.4 Å². The predicted molar refractivity (Wildman–Crippen MR) is 67.4 cm³/mol. The summed E-state index contributed by atoms with van der Waals surface area (Å²) in [4.78, 5) is 25.2. The molecule has 104 valence electrons. The smallest absolute Gasteiger partial charge is 0.280 e. The van der Waals surface area contributed by atoms with E-state index in [1.807, 2.05) is 13.8 Å². The average molecular weight is 269 g/mol. The lowest BCUT2D eigenvalue weighted by molar-refractivity contribution is -0.394. The molecule has 0 aliphatic heterocycles. The largest absolute Gasteiger partial charge is 0.301 e. The average Bonchev–Trinajstić information content (AvgIpc) is 2.34. The number of hydroxylamine groups is 1. The maximum absolute atomic E-state index is 10.9. The SMILES string of the molecule is CC(C)CONCc1ccc([N+](=O)[O-])cc1[N+](=O)[O-]. The molecule has 0 aromatic heterocycles. The van der Waals surface area contributed by atoms with Crippen molar-refractivity contribution in [2.45, 2.75) is 20.4 Å². The van der Waals surface area contributed by atoms with E-state index < -0.39 is 9.85 Å². The van der Waals surface area contributed by atoms with E-state index in [1.54, 1.807) is 0 Å². The van der Waals surface area contributed by atoms with Crippen LogP contribution in [0.5, 0.6) is 0 Å². The van der Waals surface area contributed by atoms with Crippen LogP contribution < -0.4 is 5.48 Å². The van der Waals surface area contributed by atoms with E-state index in [0.717, 1.165) is 6.07 Å². The van der Waals surface area contributed by atoms with E-state index in [9.17, 15) is 20.2 Å². The standard InChI is InChI=1S/C11H15N3O5/c1-8(2)7-19-12-6-9-3-4-10(13(15)16)5-11(9)14(17)18/h3-5,8,12H,6-7H2,1-2H3. The number of nitro benzene ring substituents is 2. The van der Waals surface area contributed by atoms with Crippen LogP contribution in [0.4, 0.5) is 11.4 Å². The first-order valence-corrected chi connectivity index (χ1v) is 5.68. The van der Waals surface area contributed by atoms with Gasteiger partial charge in [0.15, 0.2) is 0 Å². The van der Waals surface area contributed by atoms with Crippen LogP contribution in [0.3, 0.4) is 0 Å². The molecule has 0 fully saturated rings. The zero-order chi connectivity index (χ0) is 14.4. The molecule has 0 heterocycles. The number of nitrogens with zero attached hydrogens (tertiary/aromatic N) is 2. The molecule has 8 nitrogen and oxygen atoms in total. The molecule has 19 heavy (non-hydrogen) atoms. The van der Waals surface area contributed by atoms with Crippen LogP contribution in [0, 0.1) is 26.1 Å². The number of non-ortho nitro benzene ring substituents is 1. The predicted octanol–water partition coefficient (Wildman–Crippen LogP) is 2.18. The molecular formula is C11H15N3O5. The van der Waals surface area contributed by atoms with Crippen molar-refractivity contribution in [2.75, 3.05) is 6.61 Å². The summed E-state index contributed by atoms with van der Waals surface area (Å²) in [6, 6.07) is 3.52. The molecule has 0 aliphatic rings. The van der Waals surface area contributed by atoms with Crippen molar-refractivity contribution in [3.8, 4) is 0 Å². The quantitative estimate of drug-likeness (QED) is 0.461. The minimum atomic E-state index is -0.667. The summed E-state index contributed by atoms with van der Waals surface area (Å²) in [7, 11) is 0. The van der Waals surface area contributed by atoms with Gasteiger partial charge in [0.1, 0.15) is 0 Å². The van der Waals surface area contributed by atoms with E-state index in [1.165, 1.54) is 12.1 Å². The van der Waals surface area contributed by atoms with Gasteiger partial charge < -0.3 is 4.84 Å². The van der Waals surface area contributed by atoms with Crippen LogP contribution in [0.2, 0.25) is 0 Å². The van der Waals surface area contributed by atoms with Gasteiger partial charge in [-0.2, -0.15) is 5.48 Å². The van der Waals surface area contributed by atoms with Crippen LogP contribution in [0.1, 0.15) is 19.4 Å². The van der Waals surface area contributed by atoms with E-state index in [-0.39, 0.29) is 17.9 Å². The van der Waals surface area contributed by atoms with Gasteiger partial charge >= 0.3 is 0 Å². The Kier molecular flexibility index (Phi) is 5.34. The van der Waals surface area contributed by atoms with E-state index >= 15 is 0 Å². The molecule has 0 atom stereocenters. The highest BCUT2D eigenvalue weighted by Crippen LogP contribution is 2.24. The first-order valence-electron chi connectivity index (χ1n) is 5.68. The van der Waals surface area contributed by atoms with Crippen LogP contribution in [-0.4, -0.2) is 16.5 Å². The molecule has 0 saturated heterocycles. The molecule has 1 rings (SSSR count). The Hall–Kier alpha value is -2.06. The molecule has 1 aromatic rings. The third kappa shape index (κ3) is 4.60. The van der Waals surface area contributed by atoms with Crippen molar-refractivity contribution in [3.05, 3.63) is 44.0 Å². The fourth-order valence-corrected chi connectivity index (χ4v) is 1.34. The third-order valence-corrected chi connectivity index (χ3v) is 2.26. The van der Waals surface area contributed by atoms with Crippen molar-refractivity contribution in [3.63, 3.8) is 0 Å². The van der Waals surface area contributed by atoms with Crippen molar-refractivity contribution < 1.29 is 14.7 Å². The summed E-state index contributed by atoms with van der Waals surface area (Å²) in [6.45, 7) is 4.52. The highest BCUT2D eigenvalue weighted by molar-refractivity contribution is 5.48. The summed E-state index contributed by atoms with van der Waals surface area (Å²) < 4.78 is 0. The number of rotatable bonds is 7. The maximum atomic E-state index is 10.9. The minimum Gasteiger partial charge on any atom is -0.301 e. The van der Waals surface area contributed by atoms with Crippen molar-refractivity contribution in [2.24, 2.45) is 5.92 Å². The van der Waals surface area contributed by atoms with Crippen LogP contribution in [0.15, 0.2) is 18.2 Å². The van der Waals surface area contributed by atoms with Crippen molar-refractivity contribution in [1.82, 2.24) is 5.48 Å². The van der Waals surface area contributed by atoms with Gasteiger partial charge in [0.05, 0.1) is 29.1 Å². The molecule has 1 aromatic carbocycles. The summed E-state index contributed by atoms with van der Waals surface area (Å²) in [5.41, 5.74) is 2.33. The molecule has 0 aliphatic carbocycles. The topological polar surface area (TPSA) is 108 Å². The van der Waals surface area contributed by atoms with Gasteiger partial charge in [0.25, 0.3) is 11.4 Å².